The summed E-state index contributed by atoms with van der Waals surface area (Å²) in [4.78, 5) is 26.7. The zero-order chi connectivity index (χ0) is 21.0. The number of thiocarbonyl (C=S) groups is 1. The van der Waals surface area contributed by atoms with Crippen LogP contribution in [0.4, 0.5) is 10.1 Å². The van der Waals surface area contributed by atoms with Crippen LogP contribution in [0, 0.1) is 5.82 Å². The molecule has 3 rings (SSSR count). The van der Waals surface area contributed by atoms with Gasteiger partial charge in [-0.2, -0.15) is 0 Å². The van der Waals surface area contributed by atoms with Crippen molar-refractivity contribution in [2.75, 3.05) is 19.0 Å². The summed E-state index contributed by atoms with van der Waals surface area (Å²) in [5, 5.41) is 2.54. The molecule has 0 spiro atoms. The number of carbonyl (C=O) groups is 2. The summed E-state index contributed by atoms with van der Waals surface area (Å²) in [5.41, 5.74) is 1.23. The molecular weight excluding hydrogens is 435 g/mol. The summed E-state index contributed by atoms with van der Waals surface area (Å²) in [6.07, 6.45) is 1.79. The van der Waals surface area contributed by atoms with Crippen molar-refractivity contribution < 1.29 is 18.7 Å². The maximum absolute atomic E-state index is 13.2. The van der Waals surface area contributed by atoms with E-state index in [1.54, 1.807) is 25.3 Å². The van der Waals surface area contributed by atoms with Crippen LogP contribution in [0.25, 0.3) is 6.08 Å². The van der Waals surface area contributed by atoms with Gasteiger partial charge in [-0.1, -0.05) is 47.7 Å². The molecule has 1 aliphatic heterocycles. The molecule has 0 aromatic heterocycles. The number of rotatable bonds is 6. The van der Waals surface area contributed by atoms with Crippen molar-refractivity contribution in [2.24, 2.45) is 0 Å². The Morgan fingerprint density at radius 2 is 2.03 bits per heavy atom. The number of benzene rings is 2. The molecular formula is C20H16ClFN2O3S2. The minimum absolute atomic E-state index is 0.0389. The third-order valence-electron chi connectivity index (χ3n) is 4.05. The lowest BCUT2D eigenvalue weighted by Crippen LogP contribution is -2.31. The highest BCUT2D eigenvalue weighted by Crippen LogP contribution is 2.33. The van der Waals surface area contributed by atoms with Crippen LogP contribution in [0.15, 0.2) is 47.4 Å². The number of nitrogens with zero attached hydrogens (tertiary/aromatic N) is 1. The first-order valence-corrected chi connectivity index (χ1v) is 10.1. The lowest BCUT2D eigenvalue weighted by atomic mass is 10.2. The normalized spacial score (nSPS) is 15.1. The Hall–Kier alpha value is -2.42. The van der Waals surface area contributed by atoms with Crippen LogP contribution < -0.4 is 10.1 Å². The SMILES string of the molecule is COc1ccc(C=C2SC(=S)N(CCC(=O)Nc3ccc(F)c(Cl)c3)C2=O)cc1. The second-order valence-corrected chi connectivity index (χ2v) is 8.12. The summed E-state index contributed by atoms with van der Waals surface area (Å²) < 4.78 is 18.7. The molecule has 5 nitrogen and oxygen atoms in total. The topological polar surface area (TPSA) is 58.6 Å². The van der Waals surface area contributed by atoms with Crippen molar-refractivity contribution in [1.29, 1.82) is 0 Å². The standard InChI is InChI=1S/C20H16ClFN2O3S2/c1-27-14-5-2-12(3-6-14)10-17-19(26)24(20(28)29-17)9-8-18(25)23-13-4-7-16(22)15(21)11-13/h2-7,10-11H,8-9H2,1H3,(H,23,25). The van der Waals surface area contributed by atoms with Gasteiger partial charge in [0.05, 0.1) is 17.0 Å². The second kappa shape index (κ2) is 9.39. The van der Waals surface area contributed by atoms with Crippen LogP contribution in [0.3, 0.4) is 0 Å². The van der Waals surface area contributed by atoms with Crippen LogP contribution in [0.1, 0.15) is 12.0 Å². The highest BCUT2D eigenvalue weighted by Gasteiger charge is 2.32. The first-order valence-electron chi connectivity index (χ1n) is 8.51. The van der Waals surface area contributed by atoms with Gasteiger partial charge in [-0.05, 0) is 42.0 Å². The van der Waals surface area contributed by atoms with Gasteiger partial charge in [0.2, 0.25) is 5.91 Å². The second-order valence-electron chi connectivity index (χ2n) is 6.03. The molecule has 0 atom stereocenters. The zero-order valence-corrected chi connectivity index (χ0v) is 17.7. The van der Waals surface area contributed by atoms with Crippen molar-refractivity contribution in [2.45, 2.75) is 6.42 Å². The quantitative estimate of drug-likeness (QED) is 0.510. The molecule has 1 aliphatic rings. The number of ether oxygens (including phenoxy) is 1. The van der Waals surface area contributed by atoms with Crippen molar-refractivity contribution in [3.05, 3.63) is 63.8 Å². The minimum atomic E-state index is -0.564. The fourth-order valence-corrected chi connectivity index (χ4v) is 4.04. The molecule has 2 aromatic rings. The summed E-state index contributed by atoms with van der Waals surface area (Å²) in [5.74, 6) is -0.414. The van der Waals surface area contributed by atoms with Crippen LogP contribution >= 0.6 is 35.6 Å². The van der Waals surface area contributed by atoms with Crippen molar-refractivity contribution in [1.82, 2.24) is 4.90 Å². The van der Waals surface area contributed by atoms with E-state index in [2.05, 4.69) is 5.32 Å². The van der Waals surface area contributed by atoms with E-state index in [4.69, 9.17) is 28.6 Å². The van der Waals surface area contributed by atoms with Crippen molar-refractivity contribution in [3.63, 3.8) is 0 Å². The number of anilines is 1. The third-order valence-corrected chi connectivity index (χ3v) is 5.72. The molecule has 2 amide bonds. The number of nitrogens with one attached hydrogen (secondary N) is 1. The smallest absolute Gasteiger partial charge is 0.266 e. The van der Waals surface area contributed by atoms with E-state index in [9.17, 15) is 14.0 Å². The molecule has 0 bridgehead atoms. The number of methoxy groups -OCH3 is 1. The maximum Gasteiger partial charge on any atom is 0.266 e. The fraction of sp³-hybridized carbons (Fsp3) is 0.150. The van der Waals surface area contributed by atoms with Gasteiger partial charge in [0.15, 0.2) is 0 Å². The molecule has 9 heteroatoms. The molecule has 1 fully saturated rings. The van der Waals surface area contributed by atoms with E-state index in [0.29, 0.717) is 14.9 Å². The van der Waals surface area contributed by atoms with E-state index in [-0.39, 0.29) is 29.8 Å². The minimum Gasteiger partial charge on any atom is -0.497 e. The Balaban J connectivity index is 1.60. The monoisotopic (exact) mass is 450 g/mol. The van der Waals surface area contributed by atoms with Gasteiger partial charge in [0.1, 0.15) is 15.9 Å². The highest BCUT2D eigenvalue weighted by atomic mass is 35.5. The largest absolute Gasteiger partial charge is 0.497 e. The summed E-state index contributed by atoms with van der Waals surface area (Å²) in [6, 6.07) is 11.2. The molecule has 0 aliphatic carbocycles. The first kappa shape index (κ1) is 21.3. The molecule has 1 N–H and O–H groups in total. The zero-order valence-electron chi connectivity index (χ0n) is 15.3. The van der Waals surface area contributed by atoms with Gasteiger partial charge in [0.25, 0.3) is 5.91 Å². The molecule has 1 heterocycles. The van der Waals surface area contributed by atoms with Crippen molar-refractivity contribution >= 4 is 63.5 Å². The average Bonchev–Trinajstić information content (AvgIpc) is 2.96. The van der Waals surface area contributed by atoms with Gasteiger partial charge in [-0.15, -0.1) is 0 Å². The van der Waals surface area contributed by atoms with Gasteiger partial charge < -0.3 is 10.1 Å². The molecule has 0 radical (unpaired) electrons. The number of hydrogen-bond acceptors (Lipinski definition) is 5. The van der Waals surface area contributed by atoms with Crippen LogP contribution in [0.2, 0.25) is 5.02 Å². The molecule has 0 saturated carbocycles. The molecule has 29 heavy (non-hydrogen) atoms. The first-order chi connectivity index (χ1) is 13.9. The summed E-state index contributed by atoms with van der Waals surface area (Å²) >= 11 is 12.2. The fourth-order valence-electron chi connectivity index (χ4n) is 2.56. The van der Waals surface area contributed by atoms with Gasteiger partial charge >= 0.3 is 0 Å². The van der Waals surface area contributed by atoms with Crippen molar-refractivity contribution in [3.8, 4) is 5.75 Å². The Kier molecular flexibility index (Phi) is 6.89. The Bertz CT molecular complexity index is 996. The lowest BCUT2D eigenvalue weighted by Gasteiger charge is -2.14. The van der Waals surface area contributed by atoms with Crippen LogP contribution in [-0.4, -0.2) is 34.7 Å². The number of amides is 2. The Morgan fingerprint density at radius 3 is 2.69 bits per heavy atom. The lowest BCUT2D eigenvalue weighted by molar-refractivity contribution is -0.122. The summed E-state index contributed by atoms with van der Waals surface area (Å²) in [6.45, 7) is 0.144. The van der Waals surface area contributed by atoms with Crippen LogP contribution in [0.5, 0.6) is 5.75 Å². The number of halogens is 2. The van der Waals surface area contributed by atoms with E-state index in [1.165, 1.54) is 34.9 Å². The van der Waals surface area contributed by atoms with Gasteiger partial charge in [-0.25, -0.2) is 4.39 Å². The molecule has 1 saturated heterocycles. The average molecular weight is 451 g/mol. The van der Waals surface area contributed by atoms with E-state index in [1.807, 2.05) is 12.1 Å². The van der Waals surface area contributed by atoms with Gasteiger partial charge in [0, 0.05) is 18.7 Å². The summed E-state index contributed by atoms with van der Waals surface area (Å²) in [7, 11) is 1.58. The van der Waals surface area contributed by atoms with E-state index in [0.717, 1.165) is 11.3 Å². The Morgan fingerprint density at radius 1 is 1.31 bits per heavy atom. The highest BCUT2D eigenvalue weighted by molar-refractivity contribution is 8.26. The maximum atomic E-state index is 13.2. The van der Waals surface area contributed by atoms with Crippen LogP contribution in [-0.2, 0) is 9.59 Å². The molecule has 150 valence electrons. The predicted octanol–water partition coefficient (Wildman–Crippen LogP) is 4.72. The number of carbonyl (C=O) groups excluding carboxylic acids is 2. The number of thioether (sulfide) groups is 1. The molecule has 2 aromatic carbocycles. The predicted molar refractivity (Wildman–Crippen MR) is 118 cm³/mol. The molecule has 0 unspecified atom stereocenters. The Labute approximate surface area is 181 Å². The van der Waals surface area contributed by atoms with E-state index >= 15 is 0 Å². The number of hydrogen-bond donors (Lipinski definition) is 1. The third kappa shape index (κ3) is 5.35. The van der Waals surface area contributed by atoms with E-state index < -0.39 is 5.82 Å². The van der Waals surface area contributed by atoms with Gasteiger partial charge in [-0.3, -0.25) is 14.5 Å².